The fourth-order valence-corrected chi connectivity index (χ4v) is 1.76. The van der Waals surface area contributed by atoms with E-state index in [1.54, 1.807) is 11.8 Å². The Balaban J connectivity index is 2.22. The Kier molecular flexibility index (Phi) is 5.63. The molecule has 0 unspecified atom stereocenters. The number of hydrogen-bond donors (Lipinski definition) is 1. The number of rotatable bonds is 7. The van der Waals surface area contributed by atoms with Crippen LogP contribution in [-0.2, 0) is 6.42 Å². The number of aryl methyl sites for hydroxylation is 1. The van der Waals surface area contributed by atoms with Gasteiger partial charge in [-0.1, -0.05) is 18.7 Å². The van der Waals surface area contributed by atoms with Gasteiger partial charge in [-0.3, -0.25) is 0 Å². The van der Waals surface area contributed by atoms with Crippen LogP contribution >= 0.6 is 11.8 Å². The van der Waals surface area contributed by atoms with Crippen LogP contribution in [0.4, 0.5) is 0 Å². The van der Waals surface area contributed by atoms with E-state index in [-0.39, 0.29) is 6.61 Å². The fourth-order valence-electron chi connectivity index (χ4n) is 0.985. The lowest BCUT2D eigenvalue weighted by Crippen LogP contribution is -1.85. The van der Waals surface area contributed by atoms with E-state index in [0.717, 1.165) is 37.3 Å². The highest BCUT2D eigenvalue weighted by atomic mass is 32.2. The number of thioether (sulfide) groups is 1. The van der Waals surface area contributed by atoms with E-state index in [9.17, 15) is 0 Å². The number of nitrogens with zero attached hydrogens (tertiary/aromatic N) is 2. The highest BCUT2D eigenvalue weighted by molar-refractivity contribution is 7.99. The SMILES string of the molecule is CCCc1nnc(SCCCCO)o1. The number of aliphatic hydroxyl groups is 1. The van der Waals surface area contributed by atoms with Crippen molar-refractivity contribution in [1.29, 1.82) is 0 Å². The second-order valence-electron chi connectivity index (χ2n) is 2.99. The minimum atomic E-state index is 0.255. The van der Waals surface area contributed by atoms with E-state index in [4.69, 9.17) is 9.52 Å². The molecule has 0 atom stereocenters. The summed E-state index contributed by atoms with van der Waals surface area (Å²) in [5, 5.41) is 17.1. The molecule has 0 radical (unpaired) electrons. The molecule has 80 valence electrons. The normalized spacial score (nSPS) is 10.7. The Hall–Kier alpha value is -0.550. The third-order valence-corrected chi connectivity index (χ3v) is 2.59. The molecular weight excluding hydrogens is 200 g/mol. The Morgan fingerprint density at radius 1 is 1.36 bits per heavy atom. The molecule has 0 aliphatic carbocycles. The molecule has 0 bridgehead atoms. The molecule has 0 saturated carbocycles. The minimum absolute atomic E-state index is 0.255. The lowest BCUT2D eigenvalue weighted by molar-refractivity contribution is 0.287. The first-order valence-electron chi connectivity index (χ1n) is 4.93. The quantitative estimate of drug-likeness (QED) is 0.557. The maximum absolute atomic E-state index is 8.58. The average Bonchev–Trinajstić information content (AvgIpc) is 2.61. The number of aromatic nitrogens is 2. The zero-order valence-electron chi connectivity index (χ0n) is 8.40. The van der Waals surface area contributed by atoms with Crippen LogP contribution < -0.4 is 0 Å². The van der Waals surface area contributed by atoms with Gasteiger partial charge in [-0.15, -0.1) is 10.2 Å². The average molecular weight is 216 g/mol. The van der Waals surface area contributed by atoms with Gasteiger partial charge < -0.3 is 9.52 Å². The van der Waals surface area contributed by atoms with Gasteiger partial charge in [0.25, 0.3) is 5.22 Å². The predicted octanol–water partition coefficient (Wildman–Crippen LogP) is 1.89. The smallest absolute Gasteiger partial charge is 0.276 e. The fraction of sp³-hybridized carbons (Fsp3) is 0.778. The molecule has 0 amide bonds. The van der Waals surface area contributed by atoms with Crippen LogP contribution in [0.2, 0.25) is 0 Å². The number of unbranched alkanes of at least 4 members (excludes halogenated alkanes) is 1. The topological polar surface area (TPSA) is 59.2 Å². The molecule has 14 heavy (non-hydrogen) atoms. The summed E-state index contributed by atoms with van der Waals surface area (Å²) in [6.45, 7) is 2.34. The standard InChI is InChI=1S/C9H16N2O2S/c1-2-5-8-10-11-9(13-8)14-7-4-3-6-12/h12H,2-7H2,1H3. The monoisotopic (exact) mass is 216 g/mol. The van der Waals surface area contributed by atoms with Crippen molar-refractivity contribution in [3.05, 3.63) is 5.89 Å². The van der Waals surface area contributed by atoms with Gasteiger partial charge >= 0.3 is 0 Å². The molecule has 1 rings (SSSR count). The van der Waals surface area contributed by atoms with E-state index in [2.05, 4.69) is 17.1 Å². The first kappa shape index (κ1) is 11.5. The summed E-state index contributed by atoms with van der Waals surface area (Å²) in [4.78, 5) is 0. The Morgan fingerprint density at radius 2 is 2.21 bits per heavy atom. The summed E-state index contributed by atoms with van der Waals surface area (Å²) in [6, 6.07) is 0. The van der Waals surface area contributed by atoms with Gasteiger partial charge in [0.1, 0.15) is 0 Å². The summed E-state index contributed by atoms with van der Waals surface area (Å²) in [7, 11) is 0. The van der Waals surface area contributed by atoms with Crippen LogP contribution in [0.1, 0.15) is 32.1 Å². The molecule has 0 saturated heterocycles. The predicted molar refractivity (Wildman–Crippen MR) is 55.3 cm³/mol. The highest BCUT2D eigenvalue weighted by Crippen LogP contribution is 2.17. The lowest BCUT2D eigenvalue weighted by atomic mass is 10.3. The third kappa shape index (κ3) is 4.11. The first-order valence-corrected chi connectivity index (χ1v) is 5.91. The molecule has 1 aromatic rings. The van der Waals surface area contributed by atoms with E-state index >= 15 is 0 Å². The van der Waals surface area contributed by atoms with Crippen LogP contribution in [-0.4, -0.2) is 27.7 Å². The van der Waals surface area contributed by atoms with Crippen LogP contribution in [0.3, 0.4) is 0 Å². The number of hydrogen-bond acceptors (Lipinski definition) is 5. The second kappa shape index (κ2) is 6.84. The van der Waals surface area contributed by atoms with Crippen LogP contribution in [0.25, 0.3) is 0 Å². The van der Waals surface area contributed by atoms with Crippen molar-refractivity contribution in [2.45, 2.75) is 37.8 Å². The van der Waals surface area contributed by atoms with E-state index in [1.165, 1.54) is 0 Å². The zero-order chi connectivity index (χ0) is 10.2. The van der Waals surface area contributed by atoms with Crippen molar-refractivity contribution in [2.24, 2.45) is 0 Å². The van der Waals surface area contributed by atoms with Crippen molar-refractivity contribution in [1.82, 2.24) is 10.2 Å². The molecule has 1 heterocycles. The van der Waals surface area contributed by atoms with Crippen molar-refractivity contribution >= 4 is 11.8 Å². The second-order valence-corrected chi connectivity index (χ2v) is 4.04. The Morgan fingerprint density at radius 3 is 2.93 bits per heavy atom. The molecule has 1 N–H and O–H groups in total. The Bertz CT molecular complexity index is 253. The first-order chi connectivity index (χ1) is 6.86. The van der Waals surface area contributed by atoms with Crippen LogP contribution in [0.15, 0.2) is 9.64 Å². The molecular formula is C9H16N2O2S. The largest absolute Gasteiger partial charge is 0.416 e. The van der Waals surface area contributed by atoms with Crippen molar-refractivity contribution in [3.63, 3.8) is 0 Å². The number of aliphatic hydroxyl groups excluding tert-OH is 1. The van der Waals surface area contributed by atoms with Gasteiger partial charge in [0.2, 0.25) is 5.89 Å². The summed E-state index contributed by atoms with van der Waals surface area (Å²) in [5.74, 6) is 1.64. The molecule has 5 heteroatoms. The van der Waals surface area contributed by atoms with Crippen LogP contribution in [0, 0.1) is 0 Å². The molecule has 0 fully saturated rings. The Labute approximate surface area is 88.1 Å². The highest BCUT2D eigenvalue weighted by Gasteiger charge is 2.04. The van der Waals surface area contributed by atoms with Crippen molar-refractivity contribution < 1.29 is 9.52 Å². The van der Waals surface area contributed by atoms with Crippen LogP contribution in [0.5, 0.6) is 0 Å². The van der Waals surface area contributed by atoms with Gasteiger partial charge in [0, 0.05) is 18.8 Å². The van der Waals surface area contributed by atoms with Gasteiger partial charge in [-0.2, -0.15) is 0 Å². The van der Waals surface area contributed by atoms with E-state index < -0.39 is 0 Å². The maximum atomic E-state index is 8.58. The molecule has 0 aliphatic rings. The van der Waals surface area contributed by atoms with E-state index in [0.29, 0.717) is 5.22 Å². The van der Waals surface area contributed by atoms with Gasteiger partial charge in [0.15, 0.2) is 0 Å². The summed E-state index contributed by atoms with van der Waals surface area (Å²) < 4.78 is 5.38. The maximum Gasteiger partial charge on any atom is 0.276 e. The van der Waals surface area contributed by atoms with Gasteiger partial charge in [-0.05, 0) is 19.3 Å². The zero-order valence-corrected chi connectivity index (χ0v) is 9.22. The molecule has 0 spiro atoms. The molecule has 0 aromatic carbocycles. The lowest BCUT2D eigenvalue weighted by Gasteiger charge is -1.94. The molecule has 0 aliphatic heterocycles. The summed E-state index contributed by atoms with van der Waals surface area (Å²) >= 11 is 1.56. The molecule has 4 nitrogen and oxygen atoms in total. The molecule has 1 aromatic heterocycles. The van der Waals surface area contributed by atoms with E-state index in [1.807, 2.05) is 0 Å². The van der Waals surface area contributed by atoms with Gasteiger partial charge in [-0.25, -0.2) is 0 Å². The minimum Gasteiger partial charge on any atom is -0.416 e. The third-order valence-electron chi connectivity index (χ3n) is 1.69. The van der Waals surface area contributed by atoms with Crippen molar-refractivity contribution in [3.8, 4) is 0 Å². The van der Waals surface area contributed by atoms with Gasteiger partial charge in [0.05, 0.1) is 0 Å². The summed E-state index contributed by atoms with van der Waals surface area (Å²) in [6.07, 6.45) is 3.69. The van der Waals surface area contributed by atoms with Crippen molar-refractivity contribution in [2.75, 3.05) is 12.4 Å². The summed E-state index contributed by atoms with van der Waals surface area (Å²) in [5.41, 5.74) is 0.